The van der Waals surface area contributed by atoms with E-state index < -0.39 is 5.72 Å². The van der Waals surface area contributed by atoms with Gasteiger partial charge in [-0.3, -0.25) is 9.69 Å². The predicted octanol–water partition coefficient (Wildman–Crippen LogP) is 2.26. The van der Waals surface area contributed by atoms with Crippen molar-refractivity contribution in [3.05, 3.63) is 29.8 Å². The highest BCUT2D eigenvalue weighted by Gasteiger charge is 2.65. The normalized spacial score (nSPS) is 30.8. The molecule has 1 aromatic carbocycles. The zero-order valence-corrected chi connectivity index (χ0v) is 12.9. The average Bonchev–Trinajstić information content (AvgIpc) is 2.75. The Kier molecular flexibility index (Phi) is 2.91. The monoisotopic (exact) mass is 303 g/mol. The Balaban J connectivity index is 1.91. The number of rotatable bonds is 0. The second-order valence-electron chi connectivity index (χ2n) is 5.96. The number of nitrogens with zero attached hydrogens (tertiary/aromatic N) is 2. The van der Waals surface area contributed by atoms with Crippen molar-refractivity contribution in [2.45, 2.75) is 43.7 Å². The first-order valence-corrected chi connectivity index (χ1v) is 8.44. The second-order valence-corrected chi connectivity index (χ2v) is 7.11. The van der Waals surface area contributed by atoms with E-state index in [-0.39, 0.29) is 11.3 Å². The maximum atomic E-state index is 12.1. The van der Waals surface area contributed by atoms with Crippen LogP contribution in [0, 0.1) is 0 Å². The molecule has 3 aliphatic heterocycles. The van der Waals surface area contributed by atoms with E-state index >= 15 is 0 Å². The van der Waals surface area contributed by atoms with E-state index in [1.807, 2.05) is 24.3 Å². The fraction of sp³-hybridized carbons (Fsp3) is 0.500. The molecule has 0 fully saturated rings. The zero-order valence-electron chi connectivity index (χ0n) is 12.1. The lowest BCUT2D eigenvalue weighted by atomic mass is 10.0. The Bertz CT molecular complexity index is 657. The fourth-order valence-electron chi connectivity index (χ4n) is 3.78. The molecule has 5 heteroatoms. The maximum absolute atomic E-state index is 12.1. The largest absolute Gasteiger partial charge is 0.328 e. The number of benzene rings is 1. The third-order valence-electron chi connectivity index (χ3n) is 4.71. The van der Waals surface area contributed by atoms with Gasteiger partial charge in [0.15, 0.2) is 5.37 Å². The zero-order chi connectivity index (χ0) is 14.6. The molecule has 110 valence electrons. The van der Waals surface area contributed by atoms with Gasteiger partial charge in [0.1, 0.15) is 6.54 Å². The van der Waals surface area contributed by atoms with Crippen LogP contribution in [0.25, 0.3) is 0 Å². The van der Waals surface area contributed by atoms with Gasteiger partial charge < -0.3 is 5.11 Å². The molecule has 0 radical (unpaired) electrons. The van der Waals surface area contributed by atoms with Crippen LogP contribution in [0.5, 0.6) is 0 Å². The molecule has 0 aliphatic carbocycles. The molecule has 1 aromatic rings. The number of hydrogen-bond donors (Lipinski definition) is 1. The van der Waals surface area contributed by atoms with Crippen molar-refractivity contribution in [1.82, 2.24) is 0 Å². The third kappa shape index (κ3) is 1.67. The van der Waals surface area contributed by atoms with Crippen molar-refractivity contribution in [2.24, 2.45) is 0 Å². The lowest BCUT2D eigenvalue weighted by Gasteiger charge is -2.24. The molecule has 0 bridgehead atoms. The summed E-state index contributed by atoms with van der Waals surface area (Å²) in [7, 11) is 0. The predicted molar refractivity (Wildman–Crippen MR) is 83.5 cm³/mol. The highest BCUT2D eigenvalue weighted by atomic mass is 32.2. The summed E-state index contributed by atoms with van der Waals surface area (Å²) in [5.41, 5.74) is 0.662. The number of anilines is 1. The van der Waals surface area contributed by atoms with E-state index in [0.29, 0.717) is 0 Å². The fourth-order valence-corrected chi connectivity index (χ4v) is 5.44. The van der Waals surface area contributed by atoms with Gasteiger partial charge in [-0.1, -0.05) is 12.1 Å². The van der Waals surface area contributed by atoms with Crippen LogP contribution in [0.1, 0.15) is 38.2 Å². The standard InChI is InChI=1S/C16H19N2O2S/c1-11(19)18-13-8-5-4-7-12(13)16(20)15(18)21-14-9-3-2-6-10-17(14)16/h4-5,7-8,15,20H,2-3,6,9-10H2,1H3/q+1/t15-,16+/m1/s1. The summed E-state index contributed by atoms with van der Waals surface area (Å²) < 4.78 is 2.15. The van der Waals surface area contributed by atoms with Crippen LogP contribution in [0.15, 0.2) is 24.3 Å². The summed E-state index contributed by atoms with van der Waals surface area (Å²) in [5, 5.41) is 12.5. The summed E-state index contributed by atoms with van der Waals surface area (Å²) in [4.78, 5) is 13.9. The average molecular weight is 303 g/mol. The molecule has 3 heterocycles. The molecule has 3 aliphatic rings. The van der Waals surface area contributed by atoms with Gasteiger partial charge in [-0.05, 0) is 36.7 Å². The van der Waals surface area contributed by atoms with Crippen molar-refractivity contribution in [1.29, 1.82) is 0 Å². The van der Waals surface area contributed by atoms with Gasteiger partial charge in [0, 0.05) is 19.8 Å². The Morgan fingerprint density at radius 1 is 1.38 bits per heavy atom. The van der Waals surface area contributed by atoms with Crippen molar-refractivity contribution in [2.75, 3.05) is 11.4 Å². The highest BCUT2D eigenvalue weighted by molar-refractivity contribution is 8.14. The van der Waals surface area contributed by atoms with Crippen LogP contribution in [-0.2, 0) is 10.5 Å². The molecule has 1 amide bonds. The molecule has 0 aromatic heterocycles. The number of carbonyl (C=O) groups excluding carboxylic acids is 1. The van der Waals surface area contributed by atoms with Crippen molar-refractivity contribution < 1.29 is 14.5 Å². The molecule has 1 N–H and O–H groups in total. The first-order chi connectivity index (χ1) is 10.1. The van der Waals surface area contributed by atoms with Crippen LogP contribution in [0.2, 0.25) is 0 Å². The van der Waals surface area contributed by atoms with E-state index in [0.717, 1.165) is 30.6 Å². The van der Waals surface area contributed by atoms with Crippen LogP contribution in [0.4, 0.5) is 5.69 Å². The van der Waals surface area contributed by atoms with E-state index in [1.54, 1.807) is 23.6 Å². The van der Waals surface area contributed by atoms with Gasteiger partial charge in [-0.15, -0.1) is 0 Å². The van der Waals surface area contributed by atoms with Crippen molar-refractivity contribution in [3.63, 3.8) is 0 Å². The summed E-state index contributed by atoms with van der Waals surface area (Å²) in [6.07, 6.45) is 4.49. The Morgan fingerprint density at radius 2 is 2.19 bits per heavy atom. The first-order valence-electron chi connectivity index (χ1n) is 7.56. The van der Waals surface area contributed by atoms with Gasteiger partial charge in [-0.2, -0.15) is 4.58 Å². The Hall–Kier alpha value is -1.33. The number of para-hydroxylation sites is 1. The smallest absolute Gasteiger partial charge is 0.326 e. The van der Waals surface area contributed by atoms with Crippen LogP contribution < -0.4 is 4.90 Å². The molecule has 2 atom stereocenters. The third-order valence-corrected chi connectivity index (χ3v) is 6.17. The number of thioether (sulfide) groups is 1. The molecular weight excluding hydrogens is 284 g/mol. The minimum atomic E-state index is -1.06. The molecule has 0 spiro atoms. The topological polar surface area (TPSA) is 43.6 Å². The van der Waals surface area contributed by atoms with Crippen LogP contribution >= 0.6 is 11.8 Å². The first kappa shape index (κ1) is 13.3. The summed E-state index contributed by atoms with van der Waals surface area (Å²) in [6.45, 7) is 2.45. The summed E-state index contributed by atoms with van der Waals surface area (Å²) >= 11 is 1.67. The highest BCUT2D eigenvalue weighted by Crippen LogP contribution is 2.53. The Morgan fingerprint density at radius 3 is 3.00 bits per heavy atom. The molecular formula is C16H19N2O2S+. The summed E-state index contributed by atoms with van der Waals surface area (Å²) in [5.74, 6) is -0.00543. The Labute approximate surface area is 128 Å². The maximum Gasteiger partial charge on any atom is 0.326 e. The van der Waals surface area contributed by atoms with Crippen LogP contribution in [-0.4, -0.2) is 32.6 Å². The molecule has 0 saturated carbocycles. The van der Waals surface area contributed by atoms with Gasteiger partial charge in [-0.25, -0.2) is 0 Å². The number of aliphatic hydroxyl groups is 1. The van der Waals surface area contributed by atoms with Crippen molar-refractivity contribution >= 4 is 28.4 Å². The minimum Gasteiger partial charge on any atom is -0.328 e. The molecule has 0 unspecified atom stereocenters. The molecule has 4 rings (SSSR count). The number of hydrogen-bond acceptors (Lipinski definition) is 3. The van der Waals surface area contributed by atoms with Gasteiger partial charge >= 0.3 is 5.72 Å². The lowest BCUT2D eigenvalue weighted by molar-refractivity contribution is -0.661. The minimum absolute atomic E-state index is 0.00543. The number of carbonyl (C=O) groups is 1. The number of amides is 1. The van der Waals surface area contributed by atoms with E-state index in [9.17, 15) is 9.90 Å². The molecule has 21 heavy (non-hydrogen) atoms. The van der Waals surface area contributed by atoms with Crippen LogP contribution in [0.3, 0.4) is 0 Å². The van der Waals surface area contributed by atoms with E-state index in [2.05, 4.69) is 4.58 Å². The summed E-state index contributed by atoms with van der Waals surface area (Å²) in [6, 6.07) is 7.76. The quantitative estimate of drug-likeness (QED) is 0.748. The van der Waals surface area contributed by atoms with E-state index in [1.165, 1.54) is 17.9 Å². The second kappa shape index (κ2) is 4.58. The van der Waals surface area contributed by atoms with Gasteiger partial charge in [0.2, 0.25) is 11.0 Å². The lowest BCUT2D eigenvalue weighted by Crippen LogP contribution is -2.48. The van der Waals surface area contributed by atoms with E-state index in [4.69, 9.17) is 0 Å². The number of fused-ring (bicyclic) bond motifs is 4. The van der Waals surface area contributed by atoms with Gasteiger partial charge in [0.05, 0.1) is 11.3 Å². The van der Waals surface area contributed by atoms with Gasteiger partial charge in [0.25, 0.3) is 0 Å². The van der Waals surface area contributed by atoms with Crippen molar-refractivity contribution in [3.8, 4) is 0 Å². The molecule has 4 nitrogen and oxygen atoms in total. The SMILES string of the molecule is CC(=O)N1c2ccccc2[C@]2(O)[C@H]1SC1=[N+]2CCCCC1. The molecule has 0 saturated heterocycles.